The van der Waals surface area contributed by atoms with Crippen molar-refractivity contribution in [3.8, 4) is 22.6 Å². The van der Waals surface area contributed by atoms with Crippen LogP contribution in [0.5, 0.6) is 0 Å². The predicted molar refractivity (Wildman–Crippen MR) is 117 cm³/mol. The smallest absolute Gasteiger partial charge is 0.277 e. The maximum Gasteiger partial charge on any atom is 0.277 e. The molecule has 0 aliphatic rings. The van der Waals surface area contributed by atoms with Gasteiger partial charge in [0, 0.05) is 10.9 Å². The van der Waals surface area contributed by atoms with Gasteiger partial charge in [-0.05, 0) is 25.5 Å². The second kappa shape index (κ2) is 7.58. The lowest BCUT2D eigenvalue weighted by Crippen LogP contribution is -2.12. The zero-order chi connectivity index (χ0) is 20.7. The highest BCUT2D eigenvalue weighted by Gasteiger charge is 2.20. The van der Waals surface area contributed by atoms with Gasteiger partial charge in [-0.1, -0.05) is 42.1 Å². The highest BCUT2D eigenvalue weighted by molar-refractivity contribution is 7.99. The Hall–Kier alpha value is -3.17. The van der Waals surface area contributed by atoms with Gasteiger partial charge in [0.05, 0.1) is 22.5 Å². The van der Waals surface area contributed by atoms with E-state index in [9.17, 15) is 4.79 Å². The van der Waals surface area contributed by atoms with Gasteiger partial charge in [-0.15, -0.1) is 21.5 Å². The van der Waals surface area contributed by atoms with Crippen LogP contribution in [0.1, 0.15) is 23.8 Å². The fraction of sp³-hybridized carbons (Fsp3) is 0.143. The Morgan fingerprint density at radius 3 is 2.73 bits per heavy atom. The van der Waals surface area contributed by atoms with E-state index < -0.39 is 0 Å². The number of benzene rings is 1. The number of hydrogen-bond acceptors (Lipinski definition) is 8. The van der Waals surface area contributed by atoms with Crippen molar-refractivity contribution < 1.29 is 8.83 Å². The number of furan rings is 1. The van der Waals surface area contributed by atoms with E-state index in [1.54, 1.807) is 12.3 Å². The zero-order valence-corrected chi connectivity index (χ0v) is 17.7. The Balaban J connectivity index is 1.43. The zero-order valence-electron chi connectivity index (χ0n) is 16.1. The van der Waals surface area contributed by atoms with Crippen LogP contribution in [-0.4, -0.2) is 20.2 Å². The van der Waals surface area contributed by atoms with Crippen LogP contribution in [0, 0.1) is 6.92 Å². The summed E-state index contributed by atoms with van der Waals surface area (Å²) in [4.78, 5) is 21.2. The fourth-order valence-corrected chi connectivity index (χ4v) is 4.86. The van der Waals surface area contributed by atoms with Gasteiger partial charge in [0.2, 0.25) is 0 Å². The van der Waals surface area contributed by atoms with Crippen molar-refractivity contribution in [3.63, 3.8) is 0 Å². The first-order chi connectivity index (χ1) is 14.6. The molecule has 1 unspecified atom stereocenters. The maximum absolute atomic E-state index is 12.8. The van der Waals surface area contributed by atoms with E-state index in [1.807, 2.05) is 49.6 Å². The number of hydrogen-bond donors (Lipinski definition) is 1. The Kier molecular flexibility index (Phi) is 4.76. The number of aromatic amines is 1. The molecule has 0 aliphatic heterocycles. The monoisotopic (exact) mass is 436 g/mol. The minimum atomic E-state index is -0.178. The molecule has 0 spiro atoms. The Morgan fingerprint density at radius 2 is 1.97 bits per heavy atom. The number of fused-ring (bicyclic) bond motifs is 1. The van der Waals surface area contributed by atoms with E-state index in [4.69, 9.17) is 8.83 Å². The summed E-state index contributed by atoms with van der Waals surface area (Å²) in [7, 11) is 0. The Morgan fingerprint density at radius 1 is 1.13 bits per heavy atom. The second-order valence-electron chi connectivity index (χ2n) is 6.67. The van der Waals surface area contributed by atoms with Crippen LogP contribution < -0.4 is 5.56 Å². The third-order valence-electron chi connectivity index (χ3n) is 4.71. The highest BCUT2D eigenvalue weighted by atomic mass is 32.2. The van der Waals surface area contributed by atoms with Gasteiger partial charge in [-0.2, -0.15) is 0 Å². The van der Waals surface area contributed by atoms with Gasteiger partial charge in [-0.25, -0.2) is 4.98 Å². The molecule has 9 heteroatoms. The molecule has 150 valence electrons. The second-order valence-corrected chi connectivity index (χ2v) is 8.82. The number of aromatic nitrogens is 4. The average molecular weight is 437 g/mol. The molecule has 4 heterocycles. The molecule has 0 saturated heterocycles. The molecular formula is C21H16N4O3S2. The molecule has 5 aromatic rings. The summed E-state index contributed by atoms with van der Waals surface area (Å²) in [5.41, 5.74) is 2.51. The van der Waals surface area contributed by atoms with Crippen LogP contribution in [0.4, 0.5) is 0 Å². The van der Waals surface area contributed by atoms with Gasteiger partial charge in [-0.3, -0.25) is 4.79 Å². The quantitative estimate of drug-likeness (QED) is 0.365. The predicted octanol–water partition coefficient (Wildman–Crippen LogP) is 5.46. The van der Waals surface area contributed by atoms with Gasteiger partial charge >= 0.3 is 0 Å². The molecule has 0 amide bonds. The lowest BCUT2D eigenvalue weighted by atomic mass is 10.1. The van der Waals surface area contributed by atoms with Crippen LogP contribution in [0.15, 0.2) is 66.9 Å². The SMILES string of the molecule is Cc1occc1-c1nnc(SC(C)c2nc3scc(-c4ccccc4)c3c(=O)[nH]2)o1. The molecule has 7 nitrogen and oxygen atoms in total. The summed E-state index contributed by atoms with van der Waals surface area (Å²) in [5.74, 6) is 1.68. The fourth-order valence-electron chi connectivity index (χ4n) is 3.17. The normalized spacial score (nSPS) is 12.5. The average Bonchev–Trinajstić information content (AvgIpc) is 3.48. The number of rotatable bonds is 5. The molecule has 1 aromatic carbocycles. The van der Waals surface area contributed by atoms with Crippen molar-refractivity contribution in [1.29, 1.82) is 0 Å². The summed E-state index contributed by atoms with van der Waals surface area (Å²) < 4.78 is 11.0. The maximum atomic E-state index is 12.8. The molecular weight excluding hydrogens is 420 g/mol. The number of nitrogens with one attached hydrogen (secondary N) is 1. The van der Waals surface area contributed by atoms with Crippen LogP contribution in [0.2, 0.25) is 0 Å². The standard InChI is InChI=1S/C21H16N4O3S2/c1-11-14(8-9-27-11)19-24-25-21(28-19)30-12(2)17-22-18(26)16-15(10-29-20(16)23-17)13-6-4-3-5-7-13/h3-10,12H,1-2H3,(H,22,23,26). The van der Waals surface area contributed by atoms with Gasteiger partial charge < -0.3 is 13.8 Å². The number of nitrogens with zero attached hydrogens (tertiary/aromatic N) is 3. The molecule has 1 N–H and O–H groups in total. The molecule has 1 atom stereocenters. The first kappa shape index (κ1) is 18.8. The molecule has 5 rings (SSSR count). The van der Waals surface area contributed by atoms with Gasteiger partial charge in [0.25, 0.3) is 16.7 Å². The number of H-pyrrole nitrogens is 1. The summed E-state index contributed by atoms with van der Waals surface area (Å²) >= 11 is 2.80. The molecule has 4 aromatic heterocycles. The molecule has 30 heavy (non-hydrogen) atoms. The van der Waals surface area contributed by atoms with Crippen molar-refractivity contribution in [1.82, 2.24) is 20.2 Å². The van der Waals surface area contributed by atoms with Crippen molar-refractivity contribution in [3.05, 3.63) is 70.0 Å². The lowest BCUT2D eigenvalue weighted by molar-refractivity contribution is 0.462. The van der Waals surface area contributed by atoms with Crippen LogP contribution in [0.25, 0.3) is 32.8 Å². The van der Waals surface area contributed by atoms with Gasteiger partial charge in [0.1, 0.15) is 16.4 Å². The third-order valence-corrected chi connectivity index (χ3v) is 6.52. The van der Waals surface area contributed by atoms with E-state index in [0.29, 0.717) is 32.9 Å². The summed E-state index contributed by atoms with van der Waals surface area (Å²) in [6.07, 6.45) is 1.58. The Labute approximate surface area is 179 Å². The highest BCUT2D eigenvalue weighted by Crippen LogP contribution is 2.36. The molecule has 0 bridgehead atoms. The van der Waals surface area contributed by atoms with Crippen LogP contribution in [-0.2, 0) is 0 Å². The van der Waals surface area contributed by atoms with Crippen molar-refractivity contribution >= 4 is 33.3 Å². The molecule has 0 radical (unpaired) electrons. The van der Waals surface area contributed by atoms with Crippen molar-refractivity contribution in [2.24, 2.45) is 0 Å². The first-order valence-electron chi connectivity index (χ1n) is 9.21. The van der Waals surface area contributed by atoms with E-state index >= 15 is 0 Å². The van der Waals surface area contributed by atoms with Gasteiger partial charge in [0.15, 0.2) is 0 Å². The molecule has 0 aliphatic carbocycles. The summed E-state index contributed by atoms with van der Waals surface area (Å²) in [5, 5.41) is 11.0. The Bertz CT molecular complexity index is 1380. The summed E-state index contributed by atoms with van der Waals surface area (Å²) in [6.45, 7) is 3.77. The largest absolute Gasteiger partial charge is 0.469 e. The van der Waals surface area contributed by atoms with Crippen LogP contribution >= 0.6 is 23.1 Å². The summed E-state index contributed by atoms with van der Waals surface area (Å²) in [6, 6.07) is 11.6. The number of thiophene rings is 1. The topological polar surface area (TPSA) is 97.8 Å². The van der Waals surface area contributed by atoms with Crippen molar-refractivity contribution in [2.75, 3.05) is 0 Å². The van der Waals surface area contributed by atoms with Crippen molar-refractivity contribution in [2.45, 2.75) is 24.3 Å². The van der Waals surface area contributed by atoms with E-state index in [-0.39, 0.29) is 10.8 Å². The van der Waals surface area contributed by atoms with Crippen LogP contribution in [0.3, 0.4) is 0 Å². The first-order valence-corrected chi connectivity index (χ1v) is 11.0. The third kappa shape index (κ3) is 3.35. The van der Waals surface area contributed by atoms with E-state index in [1.165, 1.54) is 23.1 Å². The lowest BCUT2D eigenvalue weighted by Gasteiger charge is -2.07. The number of thioether (sulfide) groups is 1. The van der Waals surface area contributed by atoms with E-state index in [2.05, 4.69) is 20.2 Å². The number of aryl methyl sites for hydroxylation is 1. The molecule has 0 saturated carbocycles. The van der Waals surface area contributed by atoms with E-state index in [0.717, 1.165) is 16.7 Å². The molecule has 0 fully saturated rings. The minimum absolute atomic E-state index is 0.150. The minimum Gasteiger partial charge on any atom is -0.469 e.